The normalized spacial score (nSPS) is 13.4. The summed E-state index contributed by atoms with van der Waals surface area (Å²) < 4.78 is 10.8. The number of aliphatic imine (C=N–C) groups is 1. The Kier molecular flexibility index (Phi) is 8.68. The number of esters is 2. The molecule has 1 amide bonds. The van der Waals surface area contributed by atoms with Crippen molar-refractivity contribution in [1.29, 1.82) is 0 Å². The maximum Gasteiger partial charge on any atom is 0.343 e. The fourth-order valence-electron chi connectivity index (χ4n) is 3.91. The van der Waals surface area contributed by atoms with Crippen molar-refractivity contribution in [2.45, 2.75) is 6.61 Å². The van der Waals surface area contributed by atoms with Crippen molar-refractivity contribution in [3.8, 4) is 5.75 Å². The molecule has 1 fully saturated rings. The van der Waals surface area contributed by atoms with Gasteiger partial charge < -0.3 is 25.8 Å². The number of guanidine groups is 1. The van der Waals surface area contributed by atoms with Gasteiger partial charge in [-0.1, -0.05) is 30.3 Å². The number of hydrogen-bond acceptors (Lipinski definition) is 7. The van der Waals surface area contributed by atoms with Gasteiger partial charge in [0.25, 0.3) is 5.91 Å². The van der Waals surface area contributed by atoms with E-state index in [0.29, 0.717) is 48.7 Å². The third kappa shape index (κ3) is 7.40. The first kappa shape index (κ1) is 26.4. The van der Waals surface area contributed by atoms with E-state index >= 15 is 0 Å². The van der Waals surface area contributed by atoms with Crippen molar-refractivity contribution in [1.82, 2.24) is 9.80 Å². The Bertz CT molecular complexity index is 1280. The zero-order valence-corrected chi connectivity index (χ0v) is 20.8. The van der Waals surface area contributed by atoms with Crippen LogP contribution in [0.15, 0.2) is 83.9 Å². The minimum atomic E-state index is -0.543. The van der Waals surface area contributed by atoms with Crippen LogP contribution in [0.3, 0.4) is 0 Å². The molecular weight excluding hydrogens is 486 g/mol. The lowest BCUT2D eigenvalue weighted by molar-refractivity contribution is -0.146. The lowest BCUT2D eigenvalue weighted by Gasteiger charge is -2.34. The first-order valence-corrected chi connectivity index (χ1v) is 12.1. The molecule has 0 saturated carbocycles. The first-order valence-electron chi connectivity index (χ1n) is 12.1. The van der Waals surface area contributed by atoms with Crippen molar-refractivity contribution in [3.63, 3.8) is 0 Å². The number of nitrogens with two attached hydrogens (primary N) is 2. The molecule has 10 nitrogen and oxygen atoms in total. The maximum absolute atomic E-state index is 12.9. The van der Waals surface area contributed by atoms with Gasteiger partial charge in [-0.25, -0.2) is 9.79 Å². The van der Waals surface area contributed by atoms with Gasteiger partial charge in [0.2, 0.25) is 0 Å². The number of hydrogen-bond donors (Lipinski definition) is 2. The smallest absolute Gasteiger partial charge is 0.343 e. The zero-order chi connectivity index (χ0) is 26.9. The van der Waals surface area contributed by atoms with Crippen LogP contribution in [0.25, 0.3) is 0 Å². The highest BCUT2D eigenvalue weighted by atomic mass is 16.5. The Hall–Kier alpha value is -4.70. The van der Waals surface area contributed by atoms with Crippen LogP contribution in [0, 0.1) is 0 Å². The molecule has 0 unspecified atom stereocenters. The highest BCUT2D eigenvalue weighted by Crippen LogP contribution is 2.18. The summed E-state index contributed by atoms with van der Waals surface area (Å²) in [6, 6.07) is 22.3. The number of nitrogens with zero attached hydrogens (tertiary/aromatic N) is 3. The average molecular weight is 516 g/mol. The molecule has 1 aliphatic heterocycles. The second-order valence-corrected chi connectivity index (χ2v) is 8.71. The molecule has 0 radical (unpaired) electrons. The van der Waals surface area contributed by atoms with Crippen LogP contribution >= 0.6 is 0 Å². The Morgan fingerprint density at radius 1 is 0.789 bits per heavy atom. The van der Waals surface area contributed by atoms with Crippen LogP contribution in [-0.2, 0) is 16.1 Å². The molecule has 1 heterocycles. The highest BCUT2D eigenvalue weighted by Gasteiger charge is 2.24. The predicted molar refractivity (Wildman–Crippen MR) is 142 cm³/mol. The zero-order valence-electron chi connectivity index (χ0n) is 20.8. The molecular formula is C28H29N5O5. The van der Waals surface area contributed by atoms with Crippen molar-refractivity contribution < 1.29 is 23.9 Å². The minimum Gasteiger partial charge on any atom is -0.460 e. The van der Waals surface area contributed by atoms with Crippen molar-refractivity contribution in [2.24, 2.45) is 16.5 Å². The summed E-state index contributed by atoms with van der Waals surface area (Å²) in [5.74, 6) is -0.707. The summed E-state index contributed by atoms with van der Waals surface area (Å²) in [6.07, 6.45) is 0. The van der Waals surface area contributed by atoms with E-state index in [1.807, 2.05) is 35.2 Å². The van der Waals surface area contributed by atoms with Crippen molar-refractivity contribution >= 4 is 29.5 Å². The molecule has 0 atom stereocenters. The van der Waals surface area contributed by atoms with E-state index in [4.69, 9.17) is 20.9 Å². The number of rotatable bonds is 8. The van der Waals surface area contributed by atoms with Gasteiger partial charge >= 0.3 is 11.9 Å². The quantitative estimate of drug-likeness (QED) is 0.202. The maximum atomic E-state index is 12.9. The molecule has 0 bridgehead atoms. The lowest BCUT2D eigenvalue weighted by Crippen LogP contribution is -2.50. The largest absolute Gasteiger partial charge is 0.460 e. The van der Waals surface area contributed by atoms with Crippen molar-refractivity contribution in [3.05, 3.63) is 95.6 Å². The number of ether oxygens (including phenoxy) is 2. The Morgan fingerprint density at radius 3 is 2.05 bits per heavy atom. The molecule has 4 rings (SSSR count). The second-order valence-electron chi connectivity index (χ2n) is 8.71. The van der Waals surface area contributed by atoms with E-state index in [2.05, 4.69) is 4.99 Å². The summed E-state index contributed by atoms with van der Waals surface area (Å²) in [5.41, 5.74) is 13.0. The molecule has 4 N–H and O–H groups in total. The highest BCUT2D eigenvalue weighted by molar-refractivity contribution is 5.95. The molecule has 10 heteroatoms. The van der Waals surface area contributed by atoms with E-state index in [-0.39, 0.29) is 31.0 Å². The number of piperazine rings is 1. The third-order valence-corrected chi connectivity index (χ3v) is 5.93. The van der Waals surface area contributed by atoms with Gasteiger partial charge in [0.05, 0.1) is 17.8 Å². The fraction of sp³-hybridized carbons (Fsp3) is 0.214. The van der Waals surface area contributed by atoms with Crippen LogP contribution in [0.5, 0.6) is 5.75 Å². The third-order valence-electron chi connectivity index (χ3n) is 5.93. The summed E-state index contributed by atoms with van der Waals surface area (Å²) in [5, 5.41) is 0. The SMILES string of the molecule is NC(N)=Nc1ccc(C(=O)Oc2ccc(C(=O)N3CCN(CC(=O)OCc4ccccc4)CC3)cc2)cc1. The molecule has 1 saturated heterocycles. The standard InChI is InChI=1S/C28H29N5O5/c29-28(30)31-23-10-6-22(7-11-23)27(36)38-24-12-8-21(9-13-24)26(35)33-16-14-32(15-17-33)18-25(34)37-19-20-4-2-1-3-5-20/h1-13H,14-19H2,(H4,29,30,31). The monoisotopic (exact) mass is 515 g/mol. The summed E-state index contributed by atoms with van der Waals surface area (Å²) in [6.45, 7) is 2.57. The van der Waals surface area contributed by atoms with E-state index < -0.39 is 5.97 Å². The van der Waals surface area contributed by atoms with Gasteiger partial charge in [0, 0.05) is 31.7 Å². The Morgan fingerprint density at radius 2 is 1.42 bits per heavy atom. The van der Waals surface area contributed by atoms with Crippen molar-refractivity contribution in [2.75, 3.05) is 32.7 Å². The molecule has 1 aliphatic rings. The van der Waals surface area contributed by atoms with Gasteiger partial charge in [-0.2, -0.15) is 0 Å². The molecule has 38 heavy (non-hydrogen) atoms. The van der Waals surface area contributed by atoms with Gasteiger partial charge in [-0.15, -0.1) is 0 Å². The van der Waals surface area contributed by atoms with Crippen LogP contribution in [0.4, 0.5) is 5.69 Å². The number of benzene rings is 3. The van der Waals surface area contributed by atoms with E-state index in [9.17, 15) is 14.4 Å². The molecule has 0 spiro atoms. The number of amides is 1. The molecule has 0 aliphatic carbocycles. The fourth-order valence-corrected chi connectivity index (χ4v) is 3.91. The number of carbonyl (C=O) groups excluding carboxylic acids is 3. The van der Waals surface area contributed by atoms with E-state index in [1.165, 1.54) is 0 Å². The van der Waals surface area contributed by atoms with Crippen LogP contribution in [-0.4, -0.2) is 66.3 Å². The van der Waals surface area contributed by atoms with Gasteiger partial charge in [0.1, 0.15) is 12.4 Å². The van der Waals surface area contributed by atoms with Crippen LogP contribution in [0.1, 0.15) is 26.3 Å². The second kappa shape index (κ2) is 12.5. The van der Waals surface area contributed by atoms with Crippen LogP contribution in [0.2, 0.25) is 0 Å². The first-order chi connectivity index (χ1) is 18.4. The van der Waals surface area contributed by atoms with E-state index in [0.717, 1.165) is 5.56 Å². The Labute approximate surface area is 220 Å². The van der Waals surface area contributed by atoms with Gasteiger partial charge in [-0.05, 0) is 54.1 Å². The molecule has 0 aromatic heterocycles. The molecule has 196 valence electrons. The number of carbonyl (C=O) groups is 3. The average Bonchev–Trinajstić information content (AvgIpc) is 2.93. The molecule has 3 aromatic rings. The lowest BCUT2D eigenvalue weighted by atomic mass is 10.1. The predicted octanol–water partition coefficient (Wildman–Crippen LogP) is 2.31. The molecule has 3 aromatic carbocycles. The summed E-state index contributed by atoms with van der Waals surface area (Å²) >= 11 is 0. The van der Waals surface area contributed by atoms with Crippen LogP contribution < -0.4 is 16.2 Å². The van der Waals surface area contributed by atoms with Gasteiger partial charge in [0.15, 0.2) is 5.96 Å². The van der Waals surface area contributed by atoms with E-state index in [1.54, 1.807) is 53.4 Å². The topological polar surface area (TPSA) is 141 Å². The van der Waals surface area contributed by atoms with Gasteiger partial charge in [-0.3, -0.25) is 14.5 Å². The summed E-state index contributed by atoms with van der Waals surface area (Å²) in [4.78, 5) is 45.1. The Balaban J connectivity index is 1.23. The minimum absolute atomic E-state index is 0.0731. The summed E-state index contributed by atoms with van der Waals surface area (Å²) in [7, 11) is 0.